The lowest BCUT2D eigenvalue weighted by molar-refractivity contribution is -0.167. The molecule has 1 unspecified atom stereocenters. The average Bonchev–Trinajstić information content (AvgIpc) is 3.42. The Balaban J connectivity index is 4.39. The molecule has 76 heavy (non-hydrogen) atoms. The normalized spacial score (nSPS) is 12.7. The molecule has 0 spiro atoms. The van der Waals surface area contributed by atoms with Crippen molar-refractivity contribution in [2.24, 2.45) is 0 Å². The summed E-state index contributed by atoms with van der Waals surface area (Å²) in [5, 5.41) is 0. The number of rotatable bonds is 58. The Morgan fingerprint density at radius 2 is 0.513 bits per heavy atom. The van der Waals surface area contributed by atoms with Gasteiger partial charge in [0.2, 0.25) is 0 Å². The van der Waals surface area contributed by atoms with Crippen LogP contribution in [0, 0.1) is 0 Å². The zero-order valence-electron chi connectivity index (χ0n) is 50.0. The Labute approximate surface area is 470 Å². The molecule has 0 saturated carbocycles. The first-order chi connectivity index (χ1) is 37.5. The van der Waals surface area contributed by atoms with Crippen LogP contribution < -0.4 is 0 Å². The van der Waals surface area contributed by atoms with E-state index in [9.17, 15) is 14.4 Å². The topological polar surface area (TPSA) is 78.9 Å². The van der Waals surface area contributed by atoms with Crippen molar-refractivity contribution in [2.45, 2.75) is 316 Å². The fourth-order valence-electron chi connectivity index (χ4n) is 9.01. The van der Waals surface area contributed by atoms with Crippen LogP contribution in [-0.4, -0.2) is 37.2 Å². The molecule has 6 heteroatoms. The predicted octanol–water partition coefficient (Wildman–Crippen LogP) is 22.0. The number of carbonyl (C=O) groups excluding carboxylic acids is 3. The van der Waals surface area contributed by atoms with Crippen molar-refractivity contribution in [3.8, 4) is 0 Å². The Morgan fingerprint density at radius 3 is 0.829 bits per heavy atom. The molecule has 0 amide bonds. The number of hydrogen-bond donors (Lipinski definition) is 0. The van der Waals surface area contributed by atoms with Crippen molar-refractivity contribution in [2.75, 3.05) is 13.2 Å². The number of hydrogen-bond acceptors (Lipinski definition) is 6. The molecule has 6 nitrogen and oxygen atoms in total. The first-order valence-electron chi connectivity index (χ1n) is 32.2. The van der Waals surface area contributed by atoms with Crippen LogP contribution in [0.3, 0.4) is 0 Å². The molecule has 0 saturated heterocycles. The zero-order chi connectivity index (χ0) is 55.0. The lowest BCUT2D eigenvalue weighted by atomic mass is 10.0. The summed E-state index contributed by atoms with van der Waals surface area (Å²) < 4.78 is 16.9. The van der Waals surface area contributed by atoms with Crippen LogP contribution in [0.25, 0.3) is 0 Å². The second kappa shape index (κ2) is 63.9. The Bertz CT molecular complexity index is 1490. The minimum atomic E-state index is -0.790. The van der Waals surface area contributed by atoms with Crippen LogP contribution in [0.15, 0.2) is 97.2 Å². The predicted molar refractivity (Wildman–Crippen MR) is 330 cm³/mol. The molecule has 0 aromatic carbocycles. The van der Waals surface area contributed by atoms with Crippen LogP contribution in [0.1, 0.15) is 310 Å². The number of esters is 3. The van der Waals surface area contributed by atoms with Gasteiger partial charge in [-0.3, -0.25) is 14.4 Å². The minimum absolute atomic E-state index is 0.0875. The van der Waals surface area contributed by atoms with Gasteiger partial charge in [-0.05, 0) is 103 Å². The lowest BCUT2D eigenvalue weighted by Gasteiger charge is -2.18. The molecule has 0 aliphatic heterocycles. The van der Waals surface area contributed by atoms with Gasteiger partial charge in [0.15, 0.2) is 6.10 Å². The smallest absolute Gasteiger partial charge is 0.306 e. The van der Waals surface area contributed by atoms with Gasteiger partial charge in [-0.15, -0.1) is 0 Å². The number of unbranched alkanes of at least 4 members (excludes halogenated alkanes) is 31. The molecule has 0 aliphatic rings. The highest BCUT2D eigenvalue weighted by Crippen LogP contribution is 2.16. The van der Waals surface area contributed by atoms with Crippen molar-refractivity contribution >= 4 is 17.9 Å². The van der Waals surface area contributed by atoms with E-state index in [1.54, 1.807) is 0 Å². The standard InChI is InChI=1S/C70H120O6/c1-4-7-10-13-16-19-22-25-28-30-32-33-34-35-36-37-38-40-42-45-48-51-54-57-60-63-69(72)75-66-67(65-74-68(71)62-59-56-53-50-47-44-41-27-24-21-18-15-12-9-6-3)76-70(73)64-61-58-55-52-49-46-43-39-31-29-26-23-20-17-14-11-8-5-2/h7,10,16,18-19,21,25,27-28,32-33,35-36,38,40-41,67H,4-6,8-9,11-15,17,20,22-24,26,29-31,34,37,39,42-66H2,1-3H3/b10-7-,19-16-,21-18-,28-25-,33-32-,36-35-,40-38-,41-27-. The third-order valence-corrected chi connectivity index (χ3v) is 13.8. The molecule has 0 heterocycles. The van der Waals surface area contributed by atoms with Gasteiger partial charge in [0.25, 0.3) is 0 Å². The van der Waals surface area contributed by atoms with Crippen molar-refractivity contribution in [1.29, 1.82) is 0 Å². The van der Waals surface area contributed by atoms with Gasteiger partial charge in [0.1, 0.15) is 13.2 Å². The fraction of sp³-hybridized carbons (Fsp3) is 0.729. The summed E-state index contributed by atoms with van der Waals surface area (Å²) in [5.41, 5.74) is 0. The molecule has 0 radical (unpaired) electrons. The van der Waals surface area contributed by atoms with E-state index in [-0.39, 0.29) is 31.1 Å². The first-order valence-corrected chi connectivity index (χ1v) is 32.2. The summed E-state index contributed by atoms with van der Waals surface area (Å²) in [5.74, 6) is -0.902. The van der Waals surface area contributed by atoms with E-state index in [0.29, 0.717) is 19.3 Å². The van der Waals surface area contributed by atoms with Crippen molar-refractivity contribution in [1.82, 2.24) is 0 Å². The third-order valence-electron chi connectivity index (χ3n) is 13.8. The second-order valence-electron chi connectivity index (χ2n) is 21.3. The molecular weight excluding hydrogens is 937 g/mol. The van der Waals surface area contributed by atoms with E-state index in [1.807, 2.05) is 0 Å². The molecule has 0 aromatic heterocycles. The highest BCUT2D eigenvalue weighted by atomic mass is 16.6. The van der Waals surface area contributed by atoms with E-state index in [2.05, 4.69) is 118 Å². The molecule has 0 N–H and O–H groups in total. The average molecular weight is 1060 g/mol. The summed E-state index contributed by atoms with van der Waals surface area (Å²) in [6.45, 7) is 6.51. The Kier molecular flexibility index (Phi) is 60.8. The number of allylic oxidation sites excluding steroid dienone is 16. The largest absolute Gasteiger partial charge is 0.462 e. The van der Waals surface area contributed by atoms with Crippen LogP contribution in [0.2, 0.25) is 0 Å². The van der Waals surface area contributed by atoms with Crippen LogP contribution >= 0.6 is 0 Å². The van der Waals surface area contributed by atoms with Crippen molar-refractivity contribution < 1.29 is 28.6 Å². The van der Waals surface area contributed by atoms with Gasteiger partial charge in [-0.25, -0.2) is 0 Å². The van der Waals surface area contributed by atoms with Crippen LogP contribution in [-0.2, 0) is 28.6 Å². The van der Waals surface area contributed by atoms with Gasteiger partial charge in [0.05, 0.1) is 0 Å². The highest BCUT2D eigenvalue weighted by molar-refractivity contribution is 5.71. The van der Waals surface area contributed by atoms with Crippen LogP contribution in [0.4, 0.5) is 0 Å². The number of carbonyl (C=O) groups is 3. The zero-order valence-corrected chi connectivity index (χ0v) is 50.0. The quantitative estimate of drug-likeness (QED) is 0.0261. The molecule has 0 aromatic rings. The Morgan fingerprint density at radius 1 is 0.276 bits per heavy atom. The van der Waals surface area contributed by atoms with Gasteiger partial charge < -0.3 is 14.2 Å². The van der Waals surface area contributed by atoms with Gasteiger partial charge in [-0.2, -0.15) is 0 Å². The molecule has 436 valence electrons. The van der Waals surface area contributed by atoms with Gasteiger partial charge in [-0.1, -0.05) is 285 Å². The van der Waals surface area contributed by atoms with Crippen molar-refractivity contribution in [3.63, 3.8) is 0 Å². The first kappa shape index (κ1) is 72.3. The Hall–Kier alpha value is -3.67. The van der Waals surface area contributed by atoms with Gasteiger partial charge >= 0.3 is 17.9 Å². The van der Waals surface area contributed by atoms with Gasteiger partial charge in [0, 0.05) is 19.3 Å². The molecule has 0 fully saturated rings. The van der Waals surface area contributed by atoms with Crippen LogP contribution in [0.5, 0.6) is 0 Å². The minimum Gasteiger partial charge on any atom is -0.462 e. The molecular formula is C70H120O6. The maximum atomic E-state index is 12.9. The van der Waals surface area contributed by atoms with E-state index < -0.39 is 6.10 Å². The summed E-state index contributed by atoms with van der Waals surface area (Å²) in [6, 6.07) is 0. The molecule has 1 atom stereocenters. The van der Waals surface area contributed by atoms with E-state index in [4.69, 9.17) is 14.2 Å². The summed E-state index contributed by atoms with van der Waals surface area (Å²) in [7, 11) is 0. The molecule has 0 bridgehead atoms. The maximum Gasteiger partial charge on any atom is 0.306 e. The summed E-state index contributed by atoms with van der Waals surface area (Å²) in [6.07, 6.45) is 85.5. The molecule has 0 aliphatic carbocycles. The lowest BCUT2D eigenvalue weighted by Crippen LogP contribution is -2.30. The van der Waals surface area contributed by atoms with E-state index in [0.717, 1.165) is 128 Å². The summed E-state index contributed by atoms with van der Waals surface area (Å²) >= 11 is 0. The van der Waals surface area contributed by atoms with E-state index >= 15 is 0 Å². The third kappa shape index (κ3) is 61.2. The van der Waals surface area contributed by atoms with E-state index in [1.165, 1.54) is 141 Å². The fourth-order valence-corrected chi connectivity index (χ4v) is 9.01. The SMILES string of the molecule is CC/C=C\C/C=C\C/C=C\C/C=C\C/C=C\C/C=C\CCCCCCCCC(=O)OCC(COC(=O)CCCCCCC/C=C\C/C=C\CCCCC)OC(=O)CCCCCCCCCCCCCCCCCCCC. The molecule has 0 rings (SSSR count). The summed E-state index contributed by atoms with van der Waals surface area (Å²) in [4.78, 5) is 38.3. The van der Waals surface area contributed by atoms with Crippen molar-refractivity contribution in [3.05, 3.63) is 97.2 Å². The number of ether oxygens (including phenoxy) is 3. The maximum absolute atomic E-state index is 12.9. The monoisotopic (exact) mass is 1060 g/mol. The highest BCUT2D eigenvalue weighted by Gasteiger charge is 2.19. The second-order valence-corrected chi connectivity index (χ2v) is 21.3.